The van der Waals surface area contributed by atoms with Gasteiger partial charge in [-0.25, -0.2) is 9.65 Å². The maximum absolute atomic E-state index is 14.9. The van der Waals surface area contributed by atoms with E-state index in [0.29, 0.717) is 26.2 Å². The standard InChI is InChI=1S/C32H48N3O9P/c1-23(2)44-30(38)27(18-24-8-6-5-7-9-24)33-45(39,42-21-31(19-40-3)28(36)25-10-14-34(31)15-11-25)43-22-32(20-41-4)29(37)26-12-16-35(32)17-13-26/h5-9,23,25-27H,10-22H2,1-4H3,(H,33,39)/t27-,31+,32+/m0/s1. The van der Waals surface area contributed by atoms with Gasteiger partial charge in [-0.05, 0) is 77.7 Å². The molecule has 6 aliphatic heterocycles. The van der Waals surface area contributed by atoms with Gasteiger partial charge in [-0.1, -0.05) is 30.3 Å². The van der Waals surface area contributed by atoms with Gasteiger partial charge in [0, 0.05) is 26.1 Å². The number of ether oxygens (including phenoxy) is 3. The zero-order chi connectivity index (χ0) is 32.2. The number of piperidine rings is 6. The fourth-order valence-electron chi connectivity index (χ4n) is 7.45. The molecule has 13 heteroatoms. The maximum atomic E-state index is 14.9. The first-order chi connectivity index (χ1) is 21.6. The maximum Gasteiger partial charge on any atom is 0.406 e. The van der Waals surface area contributed by atoms with Gasteiger partial charge in [-0.2, -0.15) is 0 Å². The number of carbonyl (C=O) groups excluding carboxylic acids is 3. The van der Waals surface area contributed by atoms with Crippen molar-refractivity contribution in [3.63, 3.8) is 0 Å². The molecule has 3 atom stereocenters. The fourth-order valence-corrected chi connectivity index (χ4v) is 9.02. The third kappa shape index (κ3) is 7.13. The molecule has 250 valence electrons. The minimum Gasteiger partial charge on any atom is -0.462 e. The summed E-state index contributed by atoms with van der Waals surface area (Å²) < 4.78 is 43.9. The molecule has 1 N–H and O–H groups in total. The van der Waals surface area contributed by atoms with Gasteiger partial charge in [-0.3, -0.25) is 33.2 Å². The number of Topliss-reactive ketones (excluding diaryl/α,β-unsaturated/α-hetero) is 2. The number of methoxy groups -OCH3 is 2. The van der Waals surface area contributed by atoms with Gasteiger partial charge in [0.25, 0.3) is 0 Å². The van der Waals surface area contributed by atoms with Crippen LogP contribution in [0, 0.1) is 11.8 Å². The number of nitrogens with one attached hydrogen (secondary N) is 1. The number of esters is 1. The van der Waals surface area contributed by atoms with Crippen LogP contribution in [0.2, 0.25) is 0 Å². The highest BCUT2D eigenvalue weighted by molar-refractivity contribution is 7.51. The average molecular weight is 650 g/mol. The van der Waals surface area contributed by atoms with E-state index >= 15 is 0 Å². The summed E-state index contributed by atoms with van der Waals surface area (Å²) in [6.45, 7) is 5.85. The van der Waals surface area contributed by atoms with Crippen molar-refractivity contribution in [1.82, 2.24) is 14.9 Å². The molecule has 1 aromatic rings. The molecule has 0 amide bonds. The van der Waals surface area contributed by atoms with Crippen molar-refractivity contribution in [2.24, 2.45) is 11.8 Å². The smallest absolute Gasteiger partial charge is 0.406 e. The number of carbonyl (C=O) groups is 3. The molecule has 6 fully saturated rings. The first-order valence-corrected chi connectivity index (χ1v) is 17.6. The SMILES string of the molecule is COC[C@@]1(COP(=O)(N[C@@H](Cc2ccccc2)C(=O)OC(C)C)OC[C@]2(COC)C(=O)C3CCN2CC3)C(=O)C2CCN1CC2. The molecule has 0 aliphatic carbocycles. The van der Waals surface area contributed by atoms with Gasteiger partial charge in [-0.15, -0.1) is 0 Å². The molecule has 4 bridgehead atoms. The highest BCUT2D eigenvalue weighted by Crippen LogP contribution is 2.49. The van der Waals surface area contributed by atoms with Gasteiger partial charge in [0.15, 0.2) is 11.6 Å². The molecule has 12 nitrogen and oxygen atoms in total. The summed E-state index contributed by atoms with van der Waals surface area (Å²) in [6.07, 6.45) is 2.77. The van der Waals surface area contributed by atoms with Gasteiger partial charge in [0.05, 0.1) is 32.5 Å². The molecular formula is C32H48N3O9P. The second-order valence-corrected chi connectivity index (χ2v) is 14.9. The van der Waals surface area contributed by atoms with Crippen molar-refractivity contribution in [3.05, 3.63) is 35.9 Å². The van der Waals surface area contributed by atoms with E-state index < -0.39 is 36.9 Å². The lowest BCUT2D eigenvalue weighted by Gasteiger charge is -2.53. The van der Waals surface area contributed by atoms with Crippen LogP contribution in [0.15, 0.2) is 30.3 Å². The van der Waals surface area contributed by atoms with Gasteiger partial charge in [0.2, 0.25) is 0 Å². The van der Waals surface area contributed by atoms with E-state index in [1.165, 1.54) is 14.2 Å². The van der Waals surface area contributed by atoms with Crippen LogP contribution >= 0.6 is 7.75 Å². The average Bonchev–Trinajstić information content (AvgIpc) is 3.04. The van der Waals surface area contributed by atoms with E-state index in [1.54, 1.807) is 13.8 Å². The topological polar surface area (TPSA) is 133 Å². The Labute approximate surface area is 266 Å². The molecule has 6 heterocycles. The summed E-state index contributed by atoms with van der Waals surface area (Å²) in [4.78, 5) is 44.9. The quantitative estimate of drug-likeness (QED) is 0.209. The predicted octanol–water partition coefficient (Wildman–Crippen LogP) is 2.64. The van der Waals surface area contributed by atoms with E-state index in [-0.39, 0.29) is 56.3 Å². The zero-order valence-corrected chi connectivity index (χ0v) is 27.8. The van der Waals surface area contributed by atoms with E-state index in [2.05, 4.69) is 5.09 Å². The highest BCUT2D eigenvalue weighted by Gasteiger charge is 2.56. The Kier molecular flexibility index (Phi) is 11.0. The first-order valence-electron chi connectivity index (χ1n) is 16.0. The molecule has 1 aromatic carbocycles. The van der Waals surface area contributed by atoms with Crippen LogP contribution in [-0.2, 0) is 48.6 Å². The van der Waals surface area contributed by atoms with Crippen molar-refractivity contribution in [3.8, 4) is 0 Å². The Morgan fingerprint density at radius 3 is 1.71 bits per heavy atom. The molecule has 45 heavy (non-hydrogen) atoms. The second kappa shape index (κ2) is 14.4. The lowest BCUT2D eigenvalue weighted by atomic mass is 9.74. The fraction of sp³-hybridized carbons (Fsp3) is 0.719. The van der Waals surface area contributed by atoms with Crippen LogP contribution < -0.4 is 5.09 Å². The molecular weight excluding hydrogens is 601 g/mol. The van der Waals surface area contributed by atoms with E-state index in [1.807, 2.05) is 40.1 Å². The molecule has 0 saturated carbocycles. The lowest BCUT2D eigenvalue weighted by molar-refractivity contribution is -0.159. The number of benzene rings is 1. The third-order valence-corrected chi connectivity index (χ3v) is 11.4. The van der Waals surface area contributed by atoms with Crippen LogP contribution in [-0.4, -0.2) is 117 Å². The summed E-state index contributed by atoms with van der Waals surface area (Å²) in [5.74, 6) is -0.873. The molecule has 0 aromatic heterocycles. The molecule has 7 rings (SSSR count). The van der Waals surface area contributed by atoms with Gasteiger partial charge in [0.1, 0.15) is 17.1 Å². The molecule has 0 unspecified atom stereocenters. The van der Waals surface area contributed by atoms with Crippen molar-refractivity contribution < 1.29 is 42.2 Å². The highest BCUT2D eigenvalue weighted by atomic mass is 31.2. The minimum absolute atomic E-state index is 0.00446. The monoisotopic (exact) mass is 649 g/mol. The Morgan fingerprint density at radius 2 is 1.31 bits per heavy atom. The third-order valence-electron chi connectivity index (χ3n) is 9.81. The number of fused-ring (bicyclic) bond motifs is 6. The molecule has 0 radical (unpaired) electrons. The van der Waals surface area contributed by atoms with E-state index in [9.17, 15) is 18.9 Å². The van der Waals surface area contributed by atoms with Crippen molar-refractivity contribution in [2.75, 3.05) is 66.8 Å². The Bertz CT molecular complexity index is 1190. The molecule has 6 saturated heterocycles. The van der Waals surface area contributed by atoms with E-state index in [0.717, 1.165) is 31.2 Å². The summed E-state index contributed by atoms with van der Waals surface area (Å²) >= 11 is 0. The molecule has 0 spiro atoms. The molecule has 6 aliphatic rings. The number of ketones is 2. The Hall–Kier alpha value is -2.02. The largest absolute Gasteiger partial charge is 0.462 e. The van der Waals surface area contributed by atoms with Gasteiger partial charge < -0.3 is 14.2 Å². The zero-order valence-electron chi connectivity index (χ0n) is 26.9. The summed E-state index contributed by atoms with van der Waals surface area (Å²) in [5.41, 5.74) is -1.47. The number of rotatable bonds is 16. The normalized spacial score (nSPS) is 32.9. The number of nitrogens with zero attached hydrogens (tertiary/aromatic N) is 2. The van der Waals surface area contributed by atoms with Crippen molar-refractivity contribution in [2.45, 2.75) is 69.2 Å². The van der Waals surface area contributed by atoms with Crippen molar-refractivity contribution >= 4 is 25.3 Å². The van der Waals surface area contributed by atoms with Crippen LogP contribution in [0.1, 0.15) is 45.1 Å². The van der Waals surface area contributed by atoms with Crippen molar-refractivity contribution in [1.29, 1.82) is 0 Å². The number of hydrogen-bond acceptors (Lipinski definition) is 11. The van der Waals surface area contributed by atoms with E-state index in [4.69, 9.17) is 23.3 Å². The van der Waals surface area contributed by atoms with Gasteiger partial charge >= 0.3 is 13.7 Å². The predicted molar refractivity (Wildman–Crippen MR) is 166 cm³/mol. The first kappa shape index (κ1) is 34.3. The van der Waals surface area contributed by atoms with Crippen LogP contribution in [0.3, 0.4) is 0 Å². The van der Waals surface area contributed by atoms with Crippen LogP contribution in [0.25, 0.3) is 0 Å². The summed E-state index contributed by atoms with van der Waals surface area (Å²) in [7, 11) is -1.34. The minimum atomic E-state index is -4.39. The lowest BCUT2D eigenvalue weighted by Crippen LogP contribution is -2.69. The Balaban J connectivity index is 1.46. The summed E-state index contributed by atoms with van der Waals surface area (Å²) in [6, 6.07) is 8.20. The summed E-state index contributed by atoms with van der Waals surface area (Å²) in [5, 5.41) is 2.90. The van der Waals surface area contributed by atoms with Crippen LogP contribution in [0.4, 0.5) is 0 Å². The Morgan fingerprint density at radius 1 is 0.844 bits per heavy atom. The second-order valence-electron chi connectivity index (χ2n) is 13.1. The number of hydrogen-bond donors (Lipinski definition) is 1. The van der Waals surface area contributed by atoms with Crippen LogP contribution in [0.5, 0.6) is 0 Å².